The van der Waals surface area contributed by atoms with Gasteiger partial charge in [-0.25, -0.2) is 9.38 Å². The summed E-state index contributed by atoms with van der Waals surface area (Å²) in [5, 5.41) is 2.42. The molecule has 0 radical (unpaired) electrons. The average molecular weight is 571 g/mol. The lowest BCUT2D eigenvalue weighted by atomic mass is 9.95. The number of aliphatic imine (C=N–C) groups is 1. The molecule has 2 amide bonds. The van der Waals surface area contributed by atoms with E-state index in [9.17, 15) is 35.9 Å². The molecule has 6 nitrogen and oxygen atoms in total. The second-order valence-corrected chi connectivity index (χ2v) is 9.87. The van der Waals surface area contributed by atoms with Crippen LogP contribution in [0, 0.1) is 11.7 Å². The number of hydrogen-bond acceptors (Lipinski definition) is 4. The molecule has 0 saturated carbocycles. The van der Waals surface area contributed by atoms with Gasteiger partial charge in [0.15, 0.2) is 0 Å². The number of amides is 2. The van der Waals surface area contributed by atoms with Gasteiger partial charge < -0.3 is 10.2 Å². The van der Waals surface area contributed by atoms with E-state index in [-0.39, 0.29) is 40.7 Å². The SMILES string of the molecule is C[C@@H]1CN(c2cc(F)c(-c3ccc(C(F)(F)F)cc3)cc2NC(=O)C2C=NC(=O)C=C2C(F)(F)F)C[C@H](C)N1C. The topological polar surface area (TPSA) is 65.0 Å². The molecular weight excluding hydrogens is 545 g/mol. The molecule has 1 saturated heterocycles. The number of likely N-dealkylation sites (N-methyl/N-ethyl adjacent to an activating group) is 1. The number of nitrogens with one attached hydrogen (secondary N) is 1. The van der Waals surface area contributed by atoms with Crippen LogP contribution >= 0.6 is 0 Å². The van der Waals surface area contributed by atoms with E-state index in [1.54, 1.807) is 4.90 Å². The number of piperazine rings is 1. The molecule has 13 heteroatoms. The Kier molecular flexibility index (Phi) is 7.81. The van der Waals surface area contributed by atoms with Crippen molar-refractivity contribution in [2.75, 3.05) is 30.4 Å². The number of anilines is 2. The summed E-state index contributed by atoms with van der Waals surface area (Å²) in [5.41, 5.74) is -2.31. The van der Waals surface area contributed by atoms with Gasteiger partial charge >= 0.3 is 12.4 Å². The lowest BCUT2D eigenvalue weighted by Gasteiger charge is -2.44. The predicted molar refractivity (Wildman–Crippen MR) is 135 cm³/mol. The van der Waals surface area contributed by atoms with Crippen molar-refractivity contribution in [1.29, 1.82) is 0 Å². The molecule has 4 rings (SSSR count). The first-order valence-corrected chi connectivity index (χ1v) is 12.2. The molecule has 2 aliphatic heterocycles. The Labute approximate surface area is 225 Å². The third-order valence-corrected chi connectivity index (χ3v) is 7.14. The van der Waals surface area contributed by atoms with Crippen LogP contribution in [0.5, 0.6) is 0 Å². The summed E-state index contributed by atoms with van der Waals surface area (Å²) in [6.07, 6.45) is -8.77. The van der Waals surface area contributed by atoms with Crippen molar-refractivity contribution in [1.82, 2.24) is 4.90 Å². The first kappa shape index (κ1) is 29.2. The van der Waals surface area contributed by atoms with E-state index < -0.39 is 47.0 Å². The van der Waals surface area contributed by atoms with Crippen molar-refractivity contribution in [3.63, 3.8) is 0 Å². The molecular formula is C27H25F7N4O2. The van der Waals surface area contributed by atoms with Crippen molar-refractivity contribution < 1.29 is 40.3 Å². The van der Waals surface area contributed by atoms with Crippen molar-refractivity contribution in [2.24, 2.45) is 10.9 Å². The standard InChI is InChI=1S/C27H25F7N4O2/c1-14-12-38(13-15(2)37(14)3)23-10-21(28)18(16-4-6-17(7-5-16)26(29,30)31)8-22(23)36-25(40)19-11-35-24(39)9-20(19)27(32,33)34/h4-11,14-15,19H,12-13H2,1-3H3,(H,36,40)/t14-,15+,19?. The molecule has 1 N–H and O–H groups in total. The third kappa shape index (κ3) is 6.03. The zero-order chi connectivity index (χ0) is 29.6. The van der Waals surface area contributed by atoms with Crippen molar-refractivity contribution >= 4 is 29.4 Å². The fraction of sp³-hybridized carbons (Fsp3) is 0.370. The van der Waals surface area contributed by atoms with Crippen LogP contribution in [0.25, 0.3) is 11.1 Å². The molecule has 0 aliphatic carbocycles. The second-order valence-electron chi connectivity index (χ2n) is 9.87. The van der Waals surface area contributed by atoms with E-state index in [0.717, 1.165) is 30.3 Å². The Bertz CT molecular complexity index is 1350. The van der Waals surface area contributed by atoms with Gasteiger partial charge in [0.05, 0.1) is 22.5 Å². The van der Waals surface area contributed by atoms with E-state index in [1.165, 1.54) is 6.07 Å². The highest BCUT2D eigenvalue weighted by Crippen LogP contribution is 2.39. The number of carbonyl (C=O) groups is 2. The highest BCUT2D eigenvalue weighted by molar-refractivity contribution is 6.11. The van der Waals surface area contributed by atoms with E-state index in [4.69, 9.17) is 0 Å². The molecule has 214 valence electrons. The number of dihydropyridines is 1. The summed E-state index contributed by atoms with van der Waals surface area (Å²) in [5.74, 6) is -5.08. The molecule has 1 fully saturated rings. The van der Waals surface area contributed by atoms with Gasteiger partial charge in [-0.05, 0) is 50.7 Å². The first-order valence-electron chi connectivity index (χ1n) is 12.2. The summed E-state index contributed by atoms with van der Waals surface area (Å²) < 4.78 is 95.3. The van der Waals surface area contributed by atoms with Gasteiger partial charge in [-0.1, -0.05) is 12.1 Å². The number of rotatable bonds is 4. The highest BCUT2D eigenvalue weighted by Gasteiger charge is 2.43. The van der Waals surface area contributed by atoms with Gasteiger partial charge in [0, 0.05) is 43.0 Å². The highest BCUT2D eigenvalue weighted by atomic mass is 19.4. The molecule has 2 heterocycles. The maximum Gasteiger partial charge on any atom is 0.416 e. The summed E-state index contributed by atoms with van der Waals surface area (Å²) in [6.45, 7) is 4.67. The molecule has 1 unspecified atom stereocenters. The minimum absolute atomic E-state index is 0.00112. The summed E-state index contributed by atoms with van der Waals surface area (Å²) in [6, 6.07) is 5.98. The van der Waals surface area contributed by atoms with Gasteiger partial charge in [-0.2, -0.15) is 26.3 Å². The fourth-order valence-electron chi connectivity index (χ4n) is 4.75. The number of benzene rings is 2. The van der Waals surface area contributed by atoms with E-state index >= 15 is 4.39 Å². The molecule has 3 atom stereocenters. The maximum atomic E-state index is 15.4. The molecule has 2 aliphatic rings. The zero-order valence-electron chi connectivity index (χ0n) is 21.6. The van der Waals surface area contributed by atoms with Crippen LogP contribution < -0.4 is 10.2 Å². The van der Waals surface area contributed by atoms with Crippen LogP contribution in [0.1, 0.15) is 19.4 Å². The minimum atomic E-state index is -5.00. The number of halogens is 7. The fourth-order valence-corrected chi connectivity index (χ4v) is 4.75. The largest absolute Gasteiger partial charge is 0.416 e. The van der Waals surface area contributed by atoms with Crippen LogP contribution in [-0.4, -0.2) is 61.3 Å². The quantitative estimate of drug-likeness (QED) is 0.480. The molecule has 40 heavy (non-hydrogen) atoms. The van der Waals surface area contributed by atoms with E-state index in [0.29, 0.717) is 19.3 Å². The number of carbonyl (C=O) groups excluding carboxylic acids is 2. The first-order chi connectivity index (χ1) is 18.6. The van der Waals surface area contributed by atoms with Gasteiger partial charge in [0.1, 0.15) is 11.7 Å². The van der Waals surface area contributed by atoms with Gasteiger partial charge in [-0.3, -0.25) is 14.5 Å². The number of nitrogens with zero attached hydrogens (tertiary/aromatic N) is 3. The lowest BCUT2D eigenvalue weighted by molar-refractivity contribution is -0.137. The Morgan fingerprint density at radius 3 is 2.12 bits per heavy atom. The molecule has 0 bridgehead atoms. The minimum Gasteiger partial charge on any atom is -0.367 e. The smallest absolute Gasteiger partial charge is 0.367 e. The van der Waals surface area contributed by atoms with Gasteiger partial charge in [0.25, 0.3) is 5.91 Å². The third-order valence-electron chi connectivity index (χ3n) is 7.14. The number of alkyl halides is 6. The van der Waals surface area contributed by atoms with Crippen LogP contribution in [-0.2, 0) is 15.8 Å². The predicted octanol–water partition coefficient (Wildman–Crippen LogP) is 5.69. The monoisotopic (exact) mass is 570 g/mol. The Hall–Kier alpha value is -3.74. The number of hydrogen-bond donors (Lipinski definition) is 1. The van der Waals surface area contributed by atoms with E-state index in [1.807, 2.05) is 20.9 Å². The Morgan fingerprint density at radius 1 is 0.975 bits per heavy atom. The van der Waals surface area contributed by atoms with Gasteiger partial charge in [-0.15, -0.1) is 0 Å². The maximum absolute atomic E-state index is 15.4. The lowest BCUT2D eigenvalue weighted by Crippen LogP contribution is -2.55. The normalized spacial score (nSPS) is 22.4. The van der Waals surface area contributed by atoms with Gasteiger partial charge in [0.2, 0.25) is 5.91 Å². The van der Waals surface area contributed by atoms with Crippen LogP contribution in [0.2, 0.25) is 0 Å². The Morgan fingerprint density at radius 2 is 1.57 bits per heavy atom. The molecule has 2 aromatic carbocycles. The van der Waals surface area contributed by atoms with Crippen LogP contribution in [0.15, 0.2) is 53.0 Å². The summed E-state index contributed by atoms with van der Waals surface area (Å²) in [7, 11) is 1.92. The zero-order valence-corrected chi connectivity index (χ0v) is 21.6. The van der Waals surface area contributed by atoms with E-state index in [2.05, 4.69) is 15.2 Å². The molecule has 2 aromatic rings. The van der Waals surface area contributed by atoms with Crippen molar-refractivity contribution in [2.45, 2.75) is 38.3 Å². The second kappa shape index (κ2) is 10.7. The van der Waals surface area contributed by atoms with Crippen LogP contribution in [0.4, 0.5) is 42.1 Å². The summed E-state index contributed by atoms with van der Waals surface area (Å²) >= 11 is 0. The Balaban J connectivity index is 1.77. The molecule has 0 spiro atoms. The van der Waals surface area contributed by atoms with Crippen molar-refractivity contribution in [3.8, 4) is 11.1 Å². The molecule has 0 aromatic heterocycles. The summed E-state index contributed by atoms with van der Waals surface area (Å²) in [4.78, 5) is 31.8. The average Bonchev–Trinajstić information content (AvgIpc) is 2.86. The van der Waals surface area contributed by atoms with Crippen molar-refractivity contribution in [3.05, 3.63) is 59.4 Å². The van der Waals surface area contributed by atoms with Crippen LogP contribution in [0.3, 0.4) is 0 Å².